The second-order valence-corrected chi connectivity index (χ2v) is 23.6. The molecule has 0 amide bonds. The minimum Gasteiger partial charge on any atom is -1.00 e. The fourth-order valence-electron chi connectivity index (χ4n) is 6.96. The first-order chi connectivity index (χ1) is 38.3. The molecular weight excluding hydrogens is 2190 g/mol. The number of benzene rings is 4. The maximum atomic E-state index is 9.77. The number of aliphatic hydroxyl groups is 6. The minimum atomic E-state index is -4.09. The number of aliphatic carboxylic acids is 3. The molecule has 24 nitrogen and oxygen atoms in total. The van der Waals surface area contributed by atoms with Crippen LogP contribution in [0.1, 0.15) is 55.5 Å². The van der Waals surface area contributed by atoms with Crippen LogP contribution in [0.2, 0.25) is 0 Å². The zero-order chi connectivity index (χ0) is 62.5. The van der Waals surface area contributed by atoms with E-state index in [0.29, 0.717) is 11.7 Å². The van der Waals surface area contributed by atoms with Gasteiger partial charge >= 0.3 is 431 Å². The third-order valence-electron chi connectivity index (χ3n) is 10.2. The first kappa shape index (κ1) is 99.0. The Labute approximate surface area is 627 Å². The van der Waals surface area contributed by atoms with Gasteiger partial charge in [0.2, 0.25) is 0 Å². The maximum absolute atomic E-state index is 9.77. The number of hydrazone groups is 2. The zero-order valence-corrected chi connectivity index (χ0v) is 71.2. The number of aryl methyl sites for hydroxylation is 2. The molecule has 4 aromatic carbocycles. The Bertz CT molecular complexity index is 3160. The summed E-state index contributed by atoms with van der Waals surface area (Å²) in [4.78, 5) is 45.5. The molecule has 8 rings (SSSR count). The second-order valence-electron chi connectivity index (χ2n) is 16.0. The van der Waals surface area contributed by atoms with E-state index < -0.39 is 31.9 Å². The van der Waals surface area contributed by atoms with Crippen LogP contribution in [0.25, 0.3) is 43.6 Å². The molecule has 2 aromatic heterocycles. The molecule has 15 N–H and O–H groups in total. The largest absolute Gasteiger partial charge is 1.00 e. The van der Waals surface area contributed by atoms with Crippen LogP contribution in [-0.4, -0.2) is 187 Å². The molecule has 0 radical (unpaired) electrons. The number of rotatable bonds is 11. The molecule has 2 aliphatic heterocycles. The van der Waals surface area contributed by atoms with Crippen molar-refractivity contribution in [2.75, 3.05) is 61.8 Å². The number of hydrogen-bond donors (Lipinski definition) is 13. The number of amidine groups is 2. The summed E-state index contributed by atoms with van der Waals surface area (Å²) >= 11 is 5.15. The maximum Gasteiger partial charge on any atom is 1.00 e. The van der Waals surface area contributed by atoms with E-state index in [0.717, 1.165) is 48.6 Å². The number of carboxylic acids is 3. The van der Waals surface area contributed by atoms with Gasteiger partial charge < -0.3 is 48.4 Å². The quantitative estimate of drug-likeness (QED) is 0.0474. The SMILES string of the molecule is C.C.CCC(=O)O.CCC(=O)O.CN(C)CC(=O)O.CO.CO.CO.Cc1cccc2c1c1ccccc1n2[C](=[W])C=C1[C](=[W])C(N)=NN1CO.Cc1cccc2c1c1ccccc1n2[C](=[W])C=C1[C](=[W])C(N)=NN1CO.O=P(O)(O)CO.[H-].[H-].[Na+].[Na+].[W].[W]. The number of likely N-dealkylation sites (N-methyl/N-ethyl adjacent to an activating group) is 1. The average molecular weight is 2280 g/mol. The number of para-hydroxylation sites is 2. The predicted octanol–water partition coefficient (Wildman–Crippen LogP) is -2.43. The number of carboxylic acid groups (broad SMARTS) is 3. The molecule has 0 saturated heterocycles. The number of carbonyl (C=O) groups is 3. The summed E-state index contributed by atoms with van der Waals surface area (Å²) < 4.78 is 18.3. The Kier molecular flexibility index (Phi) is 59.0. The first-order valence-electron chi connectivity index (χ1n) is 23.6. The summed E-state index contributed by atoms with van der Waals surface area (Å²) in [6.07, 6.45) is 3.56. The Morgan fingerprint density at radius 1 is 0.586 bits per heavy atom. The van der Waals surface area contributed by atoms with Crippen molar-refractivity contribution in [3.05, 3.63) is 120 Å². The van der Waals surface area contributed by atoms with Crippen LogP contribution in [0.3, 0.4) is 0 Å². The Hall–Kier alpha value is -1.61. The fraction of sp³-hybridized carbons (Fsp3) is 0.315. The van der Waals surface area contributed by atoms with Gasteiger partial charge in [-0.2, -0.15) is 0 Å². The Balaban J connectivity index is -0.000000135. The van der Waals surface area contributed by atoms with Crippen molar-refractivity contribution in [3.63, 3.8) is 0 Å². The number of allylic oxidation sites excluding steroid dienone is 2. The molecule has 0 unspecified atom stereocenters. The monoisotopic (exact) mass is 2280 g/mol. The summed E-state index contributed by atoms with van der Waals surface area (Å²) in [7, 11) is 2.34. The first-order valence-corrected chi connectivity index (χ1v) is 31.3. The van der Waals surface area contributed by atoms with Gasteiger partial charge in [-0.15, -0.1) is 0 Å². The average Bonchev–Trinajstić information content (AvgIpc) is 4.38. The van der Waals surface area contributed by atoms with Crippen LogP contribution in [-0.2, 0) is 138 Å². The minimum absolute atomic E-state index is 0. The van der Waals surface area contributed by atoms with E-state index in [1.165, 1.54) is 132 Å². The number of aliphatic hydroxyl groups excluding tert-OH is 6. The standard InChI is InChI=1S/2C19H16N4O.C4H9NO2.2C3H6O2.CH5O4P.3CH4O.2CH4.2Na.6W.2H/c2*1-13-5-4-8-17-19(13)15-6-2-3-7-16(15)22(17)10-9-14-11-18(20)21-23(14)12-24;1-5(2)3-4(6)7;2*1-2-3(4)5;2-1-6(3,4)5;3*1-2;;;;;;;;;;;;/h2*2-9,24H,12H2,1H3,(H2,20,21);3H2,1-2H3,(H,6,7);2*2H2,1H3,(H,4,5);2H,1H2,(H2,3,4,5);3*2H,1H3;2*1H4;;;;;;;;;;/q;;;;;;;;;;;2*+1;;;;;;;2*-1. The molecule has 0 saturated carbocycles. The number of aromatic nitrogens is 2. The molecule has 4 heterocycles. The van der Waals surface area contributed by atoms with Crippen LogP contribution in [0.4, 0.5) is 0 Å². The van der Waals surface area contributed by atoms with E-state index in [9.17, 15) is 29.2 Å². The van der Waals surface area contributed by atoms with E-state index in [1.807, 2.05) is 0 Å². The molecule has 0 bridgehead atoms. The summed E-state index contributed by atoms with van der Waals surface area (Å²) in [5.74, 6) is -1.30. The predicted molar refractivity (Wildman–Crippen MR) is 318 cm³/mol. The summed E-state index contributed by atoms with van der Waals surface area (Å²) in [5, 5.41) is 88.0. The van der Waals surface area contributed by atoms with Crippen LogP contribution < -0.4 is 70.6 Å². The van der Waals surface area contributed by atoms with E-state index in [2.05, 4.69) is 130 Å². The molecule has 87 heavy (non-hydrogen) atoms. The van der Waals surface area contributed by atoms with Crippen molar-refractivity contribution in [1.29, 1.82) is 0 Å². The molecule has 0 fully saturated rings. The number of nitrogens with zero attached hydrogens (tertiary/aromatic N) is 7. The van der Waals surface area contributed by atoms with Crippen LogP contribution >= 0.6 is 7.60 Å². The van der Waals surface area contributed by atoms with E-state index in [4.69, 9.17) is 57.0 Å². The van der Waals surface area contributed by atoms with Crippen molar-refractivity contribution >= 4 is 96.6 Å². The molecule has 0 aliphatic carbocycles. The number of fused-ring (bicyclic) bond motifs is 6. The van der Waals surface area contributed by atoms with E-state index >= 15 is 0 Å². The number of hydrogen-bond acceptors (Lipinski definition) is 17. The summed E-state index contributed by atoms with van der Waals surface area (Å²) in [6.45, 7) is 7.25. The molecule has 6 aromatic rings. The van der Waals surface area contributed by atoms with Gasteiger partial charge in [0.1, 0.15) is 6.35 Å². The topological polar surface area (TPSA) is 387 Å². The van der Waals surface area contributed by atoms with Gasteiger partial charge in [-0.05, 0) is 14.1 Å². The normalized spacial score (nSPS) is 12.3. The fourth-order valence-corrected chi connectivity index (χ4v) is 10.6. The van der Waals surface area contributed by atoms with E-state index in [-0.39, 0.29) is 152 Å². The van der Waals surface area contributed by atoms with Gasteiger partial charge in [-0.25, -0.2) is 0 Å². The third-order valence-corrected chi connectivity index (χ3v) is 15.8. The molecule has 0 spiro atoms. The van der Waals surface area contributed by atoms with Crippen molar-refractivity contribution in [1.82, 2.24) is 24.1 Å². The van der Waals surface area contributed by atoms with Crippen molar-refractivity contribution in [3.8, 4) is 0 Å². The van der Waals surface area contributed by atoms with Gasteiger partial charge in [0.05, 0.1) is 6.54 Å². The van der Waals surface area contributed by atoms with Gasteiger partial charge in [-0.3, -0.25) is 23.8 Å². The molecule has 33 heteroatoms. The molecule has 2 aliphatic rings. The Morgan fingerprint density at radius 3 is 1.09 bits per heavy atom. The van der Waals surface area contributed by atoms with Gasteiger partial charge in [0.25, 0.3) is 0 Å². The zero-order valence-electron chi connectivity index (χ0n) is 50.7. The van der Waals surface area contributed by atoms with Gasteiger partial charge in [0.15, 0.2) is 0 Å². The van der Waals surface area contributed by atoms with Gasteiger partial charge in [0, 0.05) is 76.3 Å². The van der Waals surface area contributed by atoms with Crippen LogP contribution in [0.5, 0.6) is 0 Å². The van der Waals surface area contributed by atoms with Crippen molar-refractivity contribution in [2.45, 2.75) is 55.4 Å². The van der Waals surface area contributed by atoms with Crippen LogP contribution in [0, 0.1) is 13.8 Å². The molecular formula is C54H80N9Na2O15PW6. The van der Waals surface area contributed by atoms with E-state index in [1.54, 1.807) is 42.9 Å². The molecule has 474 valence electrons. The van der Waals surface area contributed by atoms with Gasteiger partial charge in [-0.1, -0.05) is 28.7 Å². The smallest absolute Gasteiger partial charge is 1.00 e. The summed E-state index contributed by atoms with van der Waals surface area (Å²) in [5.41, 5.74) is 21.0. The third kappa shape index (κ3) is 31.3. The second kappa shape index (κ2) is 51.8. The van der Waals surface area contributed by atoms with Crippen molar-refractivity contribution in [2.24, 2.45) is 21.7 Å². The number of nitrogens with two attached hydrogens (primary N) is 2. The summed E-state index contributed by atoms with van der Waals surface area (Å²) in [6, 6.07) is 29.8. The molecule has 0 atom stereocenters. The Morgan fingerprint density at radius 2 is 0.862 bits per heavy atom. The van der Waals surface area contributed by atoms with Crippen LogP contribution in [0.15, 0.2) is 119 Å². The van der Waals surface area contributed by atoms with Crippen molar-refractivity contribution < 1.29 is 256 Å².